The van der Waals surface area contributed by atoms with E-state index in [9.17, 15) is 0 Å². The fourth-order valence-corrected chi connectivity index (χ4v) is 2.70. The van der Waals surface area contributed by atoms with Crippen LogP contribution in [0.4, 0.5) is 0 Å². The lowest BCUT2D eigenvalue weighted by Crippen LogP contribution is -2.36. The molecule has 0 unspecified atom stereocenters. The molecule has 1 fully saturated rings. The molecule has 1 heteroatoms. The predicted octanol–water partition coefficient (Wildman–Crippen LogP) is 4.37. The maximum absolute atomic E-state index is 3.75. The quantitative estimate of drug-likeness (QED) is 0.614. The molecule has 0 atom stereocenters. The second-order valence-electron chi connectivity index (χ2n) is 5.75. The van der Waals surface area contributed by atoms with Gasteiger partial charge in [0.05, 0.1) is 0 Å². The molecule has 96 valence electrons. The van der Waals surface area contributed by atoms with Gasteiger partial charge in [0.2, 0.25) is 0 Å². The number of hydrogen-bond acceptors (Lipinski definition) is 1. The van der Waals surface area contributed by atoms with Crippen molar-refractivity contribution in [1.82, 2.24) is 5.32 Å². The molecule has 1 nitrogen and oxygen atoms in total. The highest BCUT2D eigenvalue weighted by atomic mass is 15.0. The molecule has 0 saturated heterocycles. The van der Waals surface area contributed by atoms with Crippen LogP contribution in [0.3, 0.4) is 0 Å². The van der Waals surface area contributed by atoms with Crippen LogP contribution in [0.1, 0.15) is 72.6 Å². The van der Waals surface area contributed by atoms with Crippen molar-refractivity contribution in [2.24, 2.45) is 11.3 Å². The Hall–Kier alpha value is -0.0400. The third-order valence-corrected chi connectivity index (χ3v) is 4.72. The molecule has 1 N–H and O–H groups in total. The van der Waals surface area contributed by atoms with Crippen molar-refractivity contribution in [2.75, 3.05) is 6.54 Å². The van der Waals surface area contributed by atoms with Crippen molar-refractivity contribution in [3.63, 3.8) is 0 Å². The molecule has 1 aliphatic carbocycles. The zero-order valence-corrected chi connectivity index (χ0v) is 11.8. The van der Waals surface area contributed by atoms with Gasteiger partial charge in [-0.1, -0.05) is 40.5 Å². The fourth-order valence-electron chi connectivity index (χ4n) is 2.70. The first-order valence-electron chi connectivity index (χ1n) is 7.43. The maximum Gasteiger partial charge on any atom is 0.00684 e. The highest BCUT2D eigenvalue weighted by Crippen LogP contribution is 2.36. The summed E-state index contributed by atoms with van der Waals surface area (Å²) < 4.78 is 0. The van der Waals surface area contributed by atoms with Gasteiger partial charge >= 0.3 is 0 Å². The van der Waals surface area contributed by atoms with Gasteiger partial charge in [-0.15, -0.1) is 0 Å². The molecule has 0 aromatic heterocycles. The fraction of sp³-hybridized carbons (Fsp3) is 1.00. The summed E-state index contributed by atoms with van der Waals surface area (Å²) in [5.41, 5.74) is 0.569. The topological polar surface area (TPSA) is 12.0 Å². The summed E-state index contributed by atoms with van der Waals surface area (Å²) in [4.78, 5) is 0. The first-order valence-corrected chi connectivity index (χ1v) is 7.43. The first-order chi connectivity index (χ1) is 7.69. The van der Waals surface area contributed by atoms with E-state index in [1.54, 1.807) is 0 Å². The van der Waals surface area contributed by atoms with E-state index in [0.29, 0.717) is 5.41 Å². The number of nitrogens with one attached hydrogen (secondary N) is 1. The van der Waals surface area contributed by atoms with Crippen molar-refractivity contribution >= 4 is 0 Å². The van der Waals surface area contributed by atoms with Crippen molar-refractivity contribution in [2.45, 2.75) is 78.7 Å². The van der Waals surface area contributed by atoms with E-state index in [1.807, 2.05) is 0 Å². The average Bonchev–Trinajstić information content (AvgIpc) is 3.14. The summed E-state index contributed by atoms with van der Waals surface area (Å²) in [6.07, 6.45) is 9.61. The molecule has 0 heterocycles. The minimum Gasteiger partial charge on any atom is -0.313 e. The molecular weight excluding hydrogens is 194 g/mol. The van der Waals surface area contributed by atoms with Crippen LogP contribution in [0.15, 0.2) is 0 Å². The Kier molecular flexibility index (Phi) is 5.82. The van der Waals surface area contributed by atoms with Gasteiger partial charge in [-0.3, -0.25) is 0 Å². The Morgan fingerprint density at radius 1 is 1.06 bits per heavy atom. The van der Waals surface area contributed by atoms with Crippen molar-refractivity contribution < 1.29 is 0 Å². The molecule has 1 saturated carbocycles. The van der Waals surface area contributed by atoms with Gasteiger partial charge in [0, 0.05) is 12.6 Å². The Morgan fingerprint density at radius 2 is 1.62 bits per heavy atom. The normalized spacial score (nSPS) is 17.1. The van der Waals surface area contributed by atoms with Crippen molar-refractivity contribution in [3.05, 3.63) is 0 Å². The largest absolute Gasteiger partial charge is 0.313 e. The Balaban J connectivity index is 2.46. The van der Waals surface area contributed by atoms with Crippen LogP contribution in [0.25, 0.3) is 0 Å². The van der Waals surface area contributed by atoms with Crippen LogP contribution in [-0.2, 0) is 0 Å². The molecule has 0 radical (unpaired) electrons. The monoisotopic (exact) mass is 225 g/mol. The Bertz CT molecular complexity index is 176. The number of rotatable bonds is 9. The van der Waals surface area contributed by atoms with Crippen LogP contribution in [0, 0.1) is 11.3 Å². The Labute approximate surface area is 102 Å². The smallest absolute Gasteiger partial charge is 0.00684 e. The van der Waals surface area contributed by atoms with Crippen LogP contribution in [-0.4, -0.2) is 12.6 Å². The summed E-state index contributed by atoms with van der Waals surface area (Å²) in [6, 6.07) is 0.860. The van der Waals surface area contributed by atoms with E-state index in [0.717, 1.165) is 12.0 Å². The van der Waals surface area contributed by atoms with Crippen LogP contribution >= 0.6 is 0 Å². The van der Waals surface area contributed by atoms with E-state index >= 15 is 0 Å². The van der Waals surface area contributed by atoms with Gasteiger partial charge in [-0.05, 0) is 43.4 Å². The molecule has 1 aliphatic rings. The lowest BCUT2D eigenvalue weighted by atomic mass is 9.73. The maximum atomic E-state index is 3.75. The molecule has 0 spiro atoms. The van der Waals surface area contributed by atoms with Gasteiger partial charge < -0.3 is 5.32 Å². The highest BCUT2D eigenvalue weighted by Gasteiger charge is 2.31. The third-order valence-electron chi connectivity index (χ3n) is 4.72. The van der Waals surface area contributed by atoms with Gasteiger partial charge in [0.25, 0.3) is 0 Å². The van der Waals surface area contributed by atoms with E-state index in [1.165, 1.54) is 51.5 Å². The molecule has 0 aromatic rings. The van der Waals surface area contributed by atoms with Crippen molar-refractivity contribution in [3.8, 4) is 0 Å². The summed E-state index contributed by atoms with van der Waals surface area (Å²) in [5.74, 6) is 0.931. The minimum absolute atomic E-state index is 0.569. The zero-order chi connectivity index (χ0) is 12.0. The highest BCUT2D eigenvalue weighted by molar-refractivity contribution is 4.87. The summed E-state index contributed by atoms with van der Waals surface area (Å²) in [6.45, 7) is 10.7. The Morgan fingerprint density at radius 3 is 2.00 bits per heavy atom. The standard InChI is InChI=1S/C15H31N/c1-5-13(6-2)11-15(7-3,8-4)12-16-14-9-10-14/h13-14,16H,5-12H2,1-4H3. The molecule has 16 heavy (non-hydrogen) atoms. The molecule has 0 bridgehead atoms. The van der Waals surface area contributed by atoms with Crippen molar-refractivity contribution in [1.29, 1.82) is 0 Å². The lowest BCUT2D eigenvalue weighted by Gasteiger charge is -2.35. The summed E-state index contributed by atoms with van der Waals surface area (Å²) in [7, 11) is 0. The van der Waals surface area contributed by atoms with Crippen LogP contribution < -0.4 is 5.32 Å². The first kappa shape index (κ1) is 14.0. The SMILES string of the molecule is CCC(CC)CC(CC)(CC)CNC1CC1. The molecule has 0 aromatic carbocycles. The van der Waals surface area contributed by atoms with Gasteiger partial charge in [0.1, 0.15) is 0 Å². The van der Waals surface area contributed by atoms with Gasteiger partial charge in [-0.25, -0.2) is 0 Å². The minimum atomic E-state index is 0.569. The summed E-state index contributed by atoms with van der Waals surface area (Å²) in [5, 5.41) is 3.75. The predicted molar refractivity (Wildman–Crippen MR) is 72.7 cm³/mol. The van der Waals surface area contributed by atoms with E-state index < -0.39 is 0 Å². The zero-order valence-electron chi connectivity index (χ0n) is 11.8. The van der Waals surface area contributed by atoms with Gasteiger partial charge in [0.15, 0.2) is 0 Å². The second kappa shape index (κ2) is 6.64. The molecular formula is C15H31N. The second-order valence-corrected chi connectivity index (χ2v) is 5.75. The molecule has 0 aliphatic heterocycles. The van der Waals surface area contributed by atoms with Gasteiger partial charge in [-0.2, -0.15) is 0 Å². The summed E-state index contributed by atoms with van der Waals surface area (Å²) >= 11 is 0. The van der Waals surface area contributed by atoms with Crippen LogP contribution in [0.5, 0.6) is 0 Å². The van der Waals surface area contributed by atoms with Crippen LogP contribution in [0.2, 0.25) is 0 Å². The van der Waals surface area contributed by atoms with E-state index in [-0.39, 0.29) is 0 Å². The van der Waals surface area contributed by atoms with E-state index in [4.69, 9.17) is 0 Å². The number of hydrogen-bond donors (Lipinski definition) is 1. The third kappa shape index (κ3) is 4.08. The lowest BCUT2D eigenvalue weighted by molar-refractivity contribution is 0.180. The molecule has 1 rings (SSSR count). The average molecular weight is 225 g/mol. The molecule has 0 amide bonds. The van der Waals surface area contributed by atoms with E-state index in [2.05, 4.69) is 33.0 Å².